The van der Waals surface area contributed by atoms with E-state index in [1.54, 1.807) is 42.6 Å². The molecular formula is C26H23ClFN3O4. The minimum absolute atomic E-state index is 0.00639. The molecule has 4 aromatic rings. The first kappa shape index (κ1) is 23.3. The number of ether oxygens (including phenoxy) is 2. The molecule has 0 bridgehead atoms. The SMILES string of the molecule is O=C(c1ccc(Oc2ccccc2F)cc1)c1c[nH]c2ncc(Cl)c(N[C@@H]3CC[C@@H](CO)OC3)c12. The van der Waals surface area contributed by atoms with E-state index in [1.165, 1.54) is 18.3 Å². The number of aliphatic hydroxyl groups excluding tert-OH is 1. The van der Waals surface area contributed by atoms with E-state index in [0.717, 1.165) is 12.8 Å². The number of hydrogen-bond donors (Lipinski definition) is 3. The quantitative estimate of drug-likeness (QED) is 0.300. The zero-order chi connectivity index (χ0) is 24.4. The molecule has 3 heterocycles. The standard InChI is InChI=1S/C26H23ClFN3O4/c27-20-12-30-26-23(24(20)31-16-7-10-18(13-32)34-14-16)19(11-29-26)25(33)15-5-8-17(9-6-15)35-22-4-2-1-3-21(22)28/h1-6,8-9,11-12,16,18,32H,7,10,13-14H2,(H2,29,30,31)/t16-,18+/m1/s1. The second-order valence-corrected chi connectivity index (χ2v) is 8.76. The average molecular weight is 496 g/mol. The van der Waals surface area contributed by atoms with Gasteiger partial charge >= 0.3 is 0 Å². The molecule has 0 spiro atoms. The van der Waals surface area contributed by atoms with Crippen molar-refractivity contribution in [1.29, 1.82) is 0 Å². The summed E-state index contributed by atoms with van der Waals surface area (Å²) in [6.45, 7) is 0.413. The second kappa shape index (κ2) is 10.0. The number of anilines is 1. The van der Waals surface area contributed by atoms with Crippen LogP contribution in [-0.4, -0.2) is 46.2 Å². The fourth-order valence-corrected chi connectivity index (χ4v) is 4.34. The number of rotatable bonds is 7. The second-order valence-electron chi connectivity index (χ2n) is 8.35. The summed E-state index contributed by atoms with van der Waals surface area (Å²) >= 11 is 6.49. The first-order chi connectivity index (χ1) is 17.0. The van der Waals surface area contributed by atoms with E-state index in [2.05, 4.69) is 15.3 Å². The van der Waals surface area contributed by atoms with Crippen LogP contribution in [0, 0.1) is 5.82 Å². The molecule has 5 rings (SSSR count). The van der Waals surface area contributed by atoms with Gasteiger partial charge in [0.05, 0.1) is 47.2 Å². The van der Waals surface area contributed by atoms with Gasteiger partial charge in [0.25, 0.3) is 0 Å². The Hall–Kier alpha value is -3.46. The van der Waals surface area contributed by atoms with Gasteiger partial charge < -0.3 is 24.9 Å². The summed E-state index contributed by atoms with van der Waals surface area (Å²) < 4.78 is 25.1. The van der Waals surface area contributed by atoms with Crippen LogP contribution in [0.4, 0.5) is 10.1 Å². The largest absolute Gasteiger partial charge is 0.454 e. The number of carbonyl (C=O) groups excluding carboxylic acids is 1. The molecular weight excluding hydrogens is 473 g/mol. The van der Waals surface area contributed by atoms with Gasteiger partial charge in [-0.1, -0.05) is 23.7 Å². The summed E-state index contributed by atoms with van der Waals surface area (Å²) in [6, 6.07) is 12.6. The number of carbonyl (C=O) groups is 1. The number of ketones is 1. The Morgan fingerprint density at radius 2 is 2.03 bits per heavy atom. The molecule has 0 radical (unpaired) electrons. The monoisotopic (exact) mass is 495 g/mol. The van der Waals surface area contributed by atoms with Gasteiger partial charge in [0, 0.05) is 17.8 Å². The number of nitrogens with zero attached hydrogens (tertiary/aromatic N) is 1. The van der Waals surface area contributed by atoms with Gasteiger partial charge in [0.15, 0.2) is 17.3 Å². The maximum absolute atomic E-state index is 13.9. The van der Waals surface area contributed by atoms with Crippen molar-refractivity contribution in [2.45, 2.75) is 25.0 Å². The number of fused-ring (bicyclic) bond motifs is 1. The van der Waals surface area contributed by atoms with Crippen LogP contribution in [0.2, 0.25) is 5.02 Å². The number of nitrogens with one attached hydrogen (secondary N) is 2. The number of benzene rings is 2. The van der Waals surface area contributed by atoms with Gasteiger partial charge in [-0.15, -0.1) is 0 Å². The van der Waals surface area contributed by atoms with Crippen molar-refractivity contribution in [1.82, 2.24) is 9.97 Å². The predicted molar refractivity (Wildman–Crippen MR) is 131 cm³/mol. The molecule has 2 atom stereocenters. The van der Waals surface area contributed by atoms with Crippen molar-refractivity contribution in [2.75, 3.05) is 18.5 Å². The van der Waals surface area contributed by atoms with Gasteiger partial charge in [-0.05, 0) is 49.2 Å². The molecule has 3 N–H and O–H groups in total. The molecule has 0 amide bonds. The zero-order valence-electron chi connectivity index (χ0n) is 18.6. The molecule has 180 valence electrons. The zero-order valence-corrected chi connectivity index (χ0v) is 19.4. The Kier molecular flexibility index (Phi) is 6.68. The highest BCUT2D eigenvalue weighted by Crippen LogP contribution is 2.35. The van der Waals surface area contributed by atoms with E-state index in [4.69, 9.17) is 21.1 Å². The maximum atomic E-state index is 13.9. The molecule has 9 heteroatoms. The first-order valence-electron chi connectivity index (χ1n) is 11.2. The average Bonchev–Trinajstić information content (AvgIpc) is 3.32. The molecule has 1 saturated heterocycles. The molecule has 35 heavy (non-hydrogen) atoms. The molecule has 2 aromatic heterocycles. The van der Waals surface area contributed by atoms with E-state index < -0.39 is 5.82 Å². The van der Waals surface area contributed by atoms with Crippen LogP contribution >= 0.6 is 11.6 Å². The summed E-state index contributed by atoms with van der Waals surface area (Å²) in [5.74, 6) is -0.167. The lowest BCUT2D eigenvalue weighted by molar-refractivity contribution is -0.0223. The molecule has 1 aliphatic rings. The van der Waals surface area contributed by atoms with Gasteiger partial charge in [-0.2, -0.15) is 0 Å². The lowest BCUT2D eigenvalue weighted by Gasteiger charge is -2.29. The van der Waals surface area contributed by atoms with E-state index in [0.29, 0.717) is 45.2 Å². The number of para-hydroxylation sites is 1. The van der Waals surface area contributed by atoms with Crippen molar-refractivity contribution < 1.29 is 23.8 Å². The van der Waals surface area contributed by atoms with Crippen molar-refractivity contribution in [2.24, 2.45) is 0 Å². The van der Waals surface area contributed by atoms with Crippen LogP contribution in [0.1, 0.15) is 28.8 Å². The highest BCUT2D eigenvalue weighted by Gasteiger charge is 2.25. The van der Waals surface area contributed by atoms with E-state index in [1.807, 2.05) is 0 Å². The lowest BCUT2D eigenvalue weighted by atomic mass is 10.0. The molecule has 0 unspecified atom stereocenters. The maximum Gasteiger partial charge on any atom is 0.195 e. The molecule has 0 saturated carbocycles. The van der Waals surface area contributed by atoms with Crippen molar-refractivity contribution in [3.63, 3.8) is 0 Å². The van der Waals surface area contributed by atoms with Crippen LogP contribution < -0.4 is 10.1 Å². The van der Waals surface area contributed by atoms with Crippen LogP contribution in [-0.2, 0) is 4.74 Å². The van der Waals surface area contributed by atoms with Crippen molar-refractivity contribution in [3.8, 4) is 11.5 Å². The number of H-pyrrole nitrogens is 1. The number of aromatic amines is 1. The minimum Gasteiger partial charge on any atom is -0.454 e. The number of hydrogen-bond acceptors (Lipinski definition) is 6. The third-order valence-electron chi connectivity index (χ3n) is 6.00. The molecule has 1 aliphatic heterocycles. The van der Waals surface area contributed by atoms with E-state index in [9.17, 15) is 14.3 Å². The summed E-state index contributed by atoms with van der Waals surface area (Å²) in [6.07, 6.45) is 4.51. The summed E-state index contributed by atoms with van der Waals surface area (Å²) in [7, 11) is 0. The van der Waals surface area contributed by atoms with E-state index >= 15 is 0 Å². The Morgan fingerprint density at radius 1 is 1.23 bits per heavy atom. The molecule has 7 nitrogen and oxygen atoms in total. The minimum atomic E-state index is -0.467. The highest BCUT2D eigenvalue weighted by molar-refractivity contribution is 6.35. The number of pyridine rings is 1. The lowest BCUT2D eigenvalue weighted by Crippen LogP contribution is -2.36. The highest BCUT2D eigenvalue weighted by atomic mass is 35.5. The van der Waals surface area contributed by atoms with Gasteiger partial charge in [-0.25, -0.2) is 9.37 Å². The topological polar surface area (TPSA) is 96.5 Å². The van der Waals surface area contributed by atoms with Crippen LogP contribution in [0.3, 0.4) is 0 Å². The fraction of sp³-hybridized carbons (Fsp3) is 0.231. The van der Waals surface area contributed by atoms with Gasteiger partial charge in [0.1, 0.15) is 11.4 Å². The molecule has 1 fully saturated rings. The summed E-state index contributed by atoms with van der Waals surface area (Å²) in [5.41, 5.74) is 2.00. The Morgan fingerprint density at radius 3 is 2.74 bits per heavy atom. The normalized spacial score (nSPS) is 17.9. The van der Waals surface area contributed by atoms with Crippen LogP contribution in [0.5, 0.6) is 11.5 Å². The van der Waals surface area contributed by atoms with E-state index in [-0.39, 0.29) is 30.3 Å². The van der Waals surface area contributed by atoms with Gasteiger partial charge in [-0.3, -0.25) is 4.79 Å². The third-order valence-corrected chi connectivity index (χ3v) is 6.29. The Bertz CT molecular complexity index is 1350. The fourth-order valence-electron chi connectivity index (χ4n) is 4.14. The summed E-state index contributed by atoms with van der Waals surface area (Å²) in [4.78, 5) is 20.8. The number of aromatic nitrogens is 2. The molecule has 2 aromatic carbocycles. The summed E-state index contributed by atoms with van der Waals surface area (Å²) in [5, 5.41) is 13.7. The van der Waals surface area contributed by atoms with Crippen LogP contribution in [0.15, 0.2) is 60.9 Å². The first-order valence-corrected chi connectivity index (χ1v) is 11.6. The van der Waals surface area contributed by atoms with Crippen molar-refractivity contribution >= 4 is 34.1 Å². The van der Waals surface area contributed by atoms with Crippen LogP contribution in [0.25, 0.3) is 11.0 Å². The van der Waals surface area contributed by atoms with Crippen molar-refractivity contribution in [3.05, 3.63) is 82.9 Å². The van der Waals surface area contributed by atoms with Gasteiger partial charge in [0.2, 0.25) is 0 Å². The smallest absolute Gasteiger partial charge is 0.195 e. The predicted octanol–water partition coefficient (Wildman–Crippen LogP) is 5.33. The molecule has 0 aliphatic carbocycles. The number of aliphatic hydroxyl groups is 1. The number of halogens is 2. The Balaban J connectivity index is 1.40. The third kappa shape index (κ3) is 4.86. The Labute approximate surface area is 205 Å².